The summed E-state index contributed by atoms with van der Waals surface area (Å²) in [5.74, 6) is -3.32. The van der Waals surface area contributed by atoms with Gasteiger partial charge in [-0.1, -0.05) is 30.3 Å². The van der Waals surface area contributed by atoms with Gasteiger partial charge in [0, 0.05) is 37.8 Å². The van der Waals surface area contributed by atoms with Gasteiger partial charge in [-0.25, -0.2) is 9.59 Å². The standard InChI is InChI=1S/C24H24N2O8/c27-19(17-4-1-2-5-18(17)24(32)33)14-15-8-10-16(11-9-15)25-20(28)6-3-7-23(31)34-26-21(29)12-13-22(26)30/h1-2,4-5,8-11,19,27H,3,6-7,12-14H2,(H,25,28)(H,32,33). The SMILES string of the molecule is O=C(CCCC(=O)ON1C(=O)CCC1=O)Nc1ccc(CC(O)c2ccccc2C(=O)O)cc1. The van der Waals surface area contributed by atoms with E-state index in [1.54, 1.807) is 42.5 Å². The number of aliphatic hydroxyl groups is 1. The van der Waals surface area contributed by atoms with Gasteiger partial charge in [-0.2, -0.15) is 0 Å². The number of hydroxylamine groups is 2. The van der Waals surface area contributed by atoms with E-state index >= 15 is 0 Å². The minimum atomic E-state index is -1.11. The number of carboxylic acid groups (broad SMARTS) is 1. The Morgan fingerprint density at radius 2 is 1.62 bits per heavy atom. The maximum atomic E-state index is 12.1. The first kappa shape index (κ1) is 24.6. The van der Waals surface area contributed by atoms with E-state index in [1.807, 2.05) is 0 Å². The average Bonchev–Trinajstić information content (AvgIpc) is 3.12. The van der Waals surface area contributed by atoms with Crippen molar-refractivity contribution >= 4 is 35.3 Å². The zero-order valence-electron chi connectivity index (χ0n) is 18.2. The minimum absolute atomic E-state index is 0.0158. The number of hydrogen-bond donors (Lipinski definition) is 3. The van der Waals surface area contributed by atoms with Crippen LogP contribution in [0.1, 0.15) is 59.7 Å². The molecule has 3 N–H and O–H groups in total. The lowest BCUT2D eigenvalue weighted by Crippen LogP contribution is -2.32. The van der Waals surface area contributed by atoms with Crippen molar-refractivity contribution in [3.63, 3.8) is 0 Å². The van der Waals surface area contributed by atoms with E-state index in [4.69, 9.17) is 4.84 Å². The van der Waals surface area contributed by atoms with Gasteiger partial charge < -0.3 is 20.4 Å². The second-order valence-corrected chi connectivity index (χ2v) is 7.76. The number of aliphatic hydroxyl groups excluding tert-OH is 1. The van der Waals surface area contributed by atoms with Crippen molar-refractivity contribution in [1.82, 2.24) is 5.06 Å². The van der Waals surface area contributed by atoms with Gasteiger partial charge in [-0.05, 0) is 35.7 Å². The fraction of sp³-hybridized carbons (Fsp3) is 0.292. The number of amides is 3. The molecule has 1 unspecified atom stereocenters. The molecule has 0 radical (unpaired) electrons. The fourth-order valence-electron chi connectivity index (χ4n) is 3.46. The minimum Gasteiger partial charge on any atom is -0.478 e. The summed E-state index contributed by atoms with van der Waals surface area (Å²) < 4.78 is 0. The van der Waals surface area contributed by atoms with E-state index in [2.05, 4.69) is 5.32 Å². The first-order chi connectivity index (χ1) is 16.2. The van der Waals surface area contributed by atoms with Crippen molar-refractivity contribution < 1.29 is 39.0 Å². The van der Waals surface area contributed by atoms with Gasteiger partial charge in [0.15, 0.2) is 0 Å². The van der Waals surface area contributed by atoms with Crippen LogP contribution < -0.4 is 5.32 Å². The average molecular weight is 468 g/mol. The van der Waals surface area contributed by atoms with Crippen molar-refractivity contribution in [2.75, 3.05) is 5.32 Å². The number of carbonyl (C=O) groups excluding carboxylic acids is 4. The van der Waals surface area contributed by atoms with Crippen molar-refractivity contribution in [2.24, 2.45) is 0 Å². The molecular formula is C24H24N2O8. The van der Waals surface area contributed by atoms with Crippen molar-refractivity contribution in [3.05, 3.63) is 65.2 Å². The van der Waals surface area contributed by atoms with Crippen molar-refractivity contribution in [1.29, 1.82) is 0 Å². The molecule has 34 heavy (non-hydrogen) atoms. The molecule has 3 rings (SSSR count). The predicted molar refractivity (Wildman–Crippen MR) is 118 cm³/mol. The number of hydrogen-bond acceptors (Lipinski definition) is 7. The first-order valence-corrected chi connectivity index (χ1v) is 10.7. The molecule has 0 aromatic heterocycles. The lowest BCUT2D eigenvalue weighted by molar-refractivity contribution is -0.197. The molecule has 1 heterocycles. The second kappa shape index (κ2) is 11.2. The zero-order valence-corrected chi connectivity index (χ0v) is 18.2. The molecule has 2 aromatic rings. The topological polar surface area (TPSA) is 150 Å². The van der Waals surface area contributed by atoms with Gasteiger partial charge in [0.2, 0.25) is 5.91 Å². The van der Waals surface area contributed by atoms with Gasteiger partial charge in [0.1, 0.15) is 0 Å². The lowest BCUT2D eigenvalue weighted by Gasteiger charge is -2.14. The Bertz CT molecular complexity index is 1080. The molecule has 3 amide bonds. The van der Waals surface area contributed by atoms with Crippen LogP contribution in [0.4, 0.5) is 5.69 Å². The van der Waals surface area contributed by atoms with E-state index < -0.39 is 29.9 Å². The number of nitrogens with zero attached hydrogens (tertiary/aromatic N) is 1. The molecule has 0 aliphatic carbocycles. The summed E-state index contributed by atoms with van der Waals surface area (Å²) in [4.78, 5) is 62.8. The molecule has 1 aliphatic rings. The smallest absolute Gasteiger partial charge is 0.336 e. The van der Waals surface area contributed by atoms with Crippen LogP contribution in [0.2, 0.25) is 0 Å². The molecular weight excluding hydrogens is 444 g/mol. The maximum absolute atomic E-state index is 12.1. The Morgan fingerprint density at radius 1 is 0.971 bits per heavy atom. The summed E-state index contributed by atoms with van der Waals surface area (Å²) >= 11 is 0. The molecule has 10 heteroatoms. The highest BCUT2D eigenvalue weighted by molar-refractivity contribution is 6.01. The summed E-state index contributed by atoms with van der Waals surface area (Å²) in [6, 6.07) is 13.0. The van der Waals surface area contributed by atoms with Crippen LogP contribution in [-0.4, -0.2) is 44.9 Å². The van der Waals surface area contributed by atoms with Gasteiger partial charge >= 0.3 is 11.9 Å². The van der Waals surface area contributed by atoms with Gasteiger partial charge in [-0.15, -0.1) is 5.06 Å². The third kappa shape index (κ3) is 6.48. The molecule has 1 fully saturated rings. The van der Waals surface area contributed by atoms with Crippen LogP contribution in [0, 0.1) is 0 Å². The monoisotopic (exact) mass is 468 g/mol. The summed E-state index contributed by atoms with van der Waals surface area (Å²) in [6.07, 6.45) is -0.693. The number of benzene rings is 2. The summed E-state index contributed by atoms with van der Waals surface area (Å²) in [5, 5.41) is 22.9. The first-order valence-electron chi connectivity index (χ1n) is 10.7. The number of imide groups is 1. The van der Waals surface area contributed by atoms with E-state index in [0.29, 0.717) is 16.3 Å². The highest BCUT2D eigenvalue weighted by atomic mass is 16.7. The molecule has 10 nitrogen and oxygen atoms in total. The van der Waals surface area contributed by atoms with Crippen LogP contribution in [-0.2, 0) is 30.4 Å². The van der Waals surface area contributed by atoms with Gasteiger partial charge in [-0.3, -0.25) is 14.4 Å². The van der Waals surface area contributed by atoms with Crippen molar-refractivity contribution in [3.8, 4) is 0 Å². The molecule has 1 aliphatic heterocycles. The Labute approximate surface area is 195 Å². The highest BCUT2D eigenvalue weighted by Gasteiger charge is 2.32. The normalized spacial score (nSPS) is 14.1. The van der Waals surface area contributed by atoms with Crippen molar-refractivity contribution in [2.45, 2.75) is 44.6 Å². The highest BCUT2D eigenvalue weighted by Crippen LogP contribution is 2.23. The number of rotatable bonds is 10. The number of anilines is 1. The van der Waals surface area contributed by atoms with E-state index in [1.165, 1.54) is 6.07 Å². The third-order valence-corrected chi connectivity index (χ3v) is 5.20. The second-order valence-electron chi connectivity index (χ2n) is 7.76. The molecule has 0 saturated carbocycles. The fourth-order valence-corrected chi connectivity index (χ4v) is 3.46. The number of carbonyl (C=O) groups is 5. The molecule has 0 bridgehead atoms. The molecule has 1 saturated heterocycles. The Morgan fingerprint density at radius 3 is 2.26 bits per heavy atom. The molecule has 2 aromatic carbocycles. The summed E-state index contributed by atoms with van der Waals surface area (Å²) in [7, 11) is 0. The van der Waals surface area contributed by atoms with E-state index in [-0.39, 0.29) is 50.0 Å². The summed E-state index contributed by atoms with van der Waals surface area (Å²) in [6.45, 7) is 0. The van der Waals surface area contributed by atoms with Crippen LogP contribution in [0.25, 0.3) is 0 Å². The van der Waals surface area contributed by atoms with Crippen LogP contribution in [0.3, 0.4) is 0 Å². The molecule has 1 atom stereocenters. The van der Waals surface area contributed by atoms with E-state index in [9.17, 15) is 34.2 Å². The number of aromatic carboxylic acids is 1. The Hall–Kier alpha value is -4.05. The zero-order chi connectivity index (χ0) is 24.7. The predicted octanol–water partition coefficient (Wildman–Crippen LogP) is 2.38. The van der Waals surface area contributed by atoms with E-state index in [0.717, 1.165) is 5.56 Å². The van der Waals surface area contributed by atoms with Gasteiger partial charge in [0.05, 0.1) is 11.7 Å². The van der Waals surface area contributed by atoms with Gasteiger partial charge in [0.25, 0.3) is 11.8 Å². The number of nitrogens with one attached hydrogen (secondary N) is 1. The quantitative estimate of drug-likeness (QED) is 0.450. The molecule has 178 valence electrons. The maximum Gasteiger partial charge on any atom is 0.336 e. The lowest BCUT2D eigenvalue weighted by atomic mass is 9.97. The third-order valence-electron chi connectivity index (χ3n) is 5.20. The van der Waals surface area contributed by atoms with Crippen LogP contribution in [0.15, 0.2) is 48.5 Å². The Kier molecular flexibility index (Phi) is 8.10. The van der Waals surface area contributed by atoms with Crippen LogP contribution in [0.5, 0.6) is 0 Å². The largest absolute Gasteiger partial charge is 0.478 e. The van der Waals surface area contributed by atoms with Crippen LogP contribution >= 0.6 is 0 Å². The molecule has 0 spiro atoms. The summed E-state index contributed by atoms with van der Waals surface area (Å²) in [5.41, 5.74) is 1.63. The Balaban J connectivity index is 1.44. The number of carboxylic acids is 1.